The highest BCUT2D eigenvalue weighted by Gasteiger charge is 2.25. The first-order valence-electron chi connectivity index (χ1n) is 10.4. The van der Waals surface area contributed by atoms with Gasteiger partial charge in [-0.15, -0.1) is 0 Å². The zero-order valence-corrected chi connectivity index (χ0v) is 16.8. The molecule has 30 heavy (non-hydrogen) atoms. The van der Waals surface area contributed by atoms with Crippen molar-refractivity contribution in [2.75, 3.05) is 0 Å². The Morgan fingerprint density at radius 3 is 2.83 bits per heavy atom. The molecule has 5 rings (SSSR count). The van der Waals surface area contributed by atoms with Gasteiger partial charge in [-0.05, 0) is 49.3 Å². The van der Waals surface area contributed by atoms with Crippen molar-refractivity contribution in [3.63, 3.8) is 0 Å². The maximum absolute atomic E-state index is 6.35. The first-order valence-corrected chi connectivity index (χ1v) is 10.4. The van der Waals surface area contributed by atoms with Crippen molar-refractivity contribution in [2.45, 2.75) is 38.3 Å². The highest BCUT2D eigenvalue weighted by molar-refractivity contribution is 5.80. The van der Waals surface area contributed by atoms with Crippen LogP contribution in [0.25, 0.3) is 16.6 Å². The number of H-pyrrole nitrogens is 1. The molecular weight excluding hydrogens is 374 g/mol. The molecule has 6 heteroatoms. The van der Waals surface area contributed by atoms with E-state index in [9.17, 15) is 0 Å². The van der Waals surface area contributed by atoms with Crippen LogP contribution < -0.4 is 16.3 Å². The number of nitrogens with one attached hydrogen (secondary N) is 1. The third-order valence-corrected chi connectivity index (χ3v) is 5.19. The van der Waals surface area contributed by atoms with E-state index in [2.05, 4.69) is 33.9 Å². The summed E-state index contributed by atoms with van der Waals surface area (Å²) >= 11 is 0. The minimum absolute atomic E-state index is 0.241. The van der Waals surface area contributed by atoms with Gasteiger partial charge in [0, 0.05) is 35.1 Å². The maximum Gasteiger partial charge on any atom is 0.148 e. The van der Waals surface area contributed by atoms with Gasteiger partial charge in [-0.25, -0.2) is 10.8 Å². The van der Waals surface area contributed by atoms with Crippen LogP contribution >= 0.6 is 0 Å². The van der Waals surface area contributed by atoms with Crippen LogP contribution in [-0.4, -0.2) is 21.1 Å². The van der Waals surface area contributed by atoms with Crippen LogP contribution in [0.4, 0.5) is 0 Å². The monoisotopic (exact) mass is 399 g/mol. The Morgan fingerprint density at radius 2 is 2.07 bits per heavy atom. The third-order valence-electron chi connectivity index (χ3n) is 5.19. The molecule has 2 aromatic heterocycles. The van der Waals surface area contributed by atoms with Gasteiger partial charge in [0.1, 0.15) is 11.4 Å². The van der Waals surface area contributed by atoms with Gasteiger partial charge in [0.2, 0.25) is 0 Å². The van der Waals surface area contributed by atoms with E-state index in [0.29, 0.717) is 29.6 Å². The zero-order chi connectivity index (χ0) is 20.5. The molecule has 2 aliphatic rings. The fourth-order valence-corrected chi connectivity index (χ4v) is 3.30. The number of benzene rings is 1. The lowest BCUT2D eigenvalue weighted by Gasteiger charge is -2.16. The normalized spacial score (nSPS) is 16.2. The Bertz CT molecular complexity index is 1130. The van der Waals surface area contributed by atoms with Gasteiger partial charge >= 0.3 is 0 Å². The molecule has 0 atom stereocenters. The Balaban J connectivity index is 1.35. The van der Waals surface area contributed by atoms with E-state index in [1.807, 2.05) is 24.3 Å². The molecule has 0 spiro atoms. The molecule has 152 valence electrons. The molecule has 0 radical (unpaired) electrons. The molecule has 5 N–H and O–H groups in total. The smallest absolute Gasteiger partial charge is 0.148 e. The summed E-state index contributed by atoms with van der Waals surface area (Å²) in [6, 6.07) is 12.2. The molecule has 0 aliphatic heterocycles. The van der Waals surface area contributed by atoms with Crippen molar-refractivity contribution >= 4 is 16.6 Å². The van der Waals surface area contributed by atoms with Crippen molar-refractivity contribution in [1.29, 1.82) is 0 Å². The van der Waals surface area contributed by atoms with Crippen molar-refractivity contribution in [2.24, 2.45) is 17.5 Å². The molecule has 0 amide bonds. The topological polar surface area (TPSA) is 93.2 Å². The molecule has 6 nitrogen and oxygen atoms in total. The Labute approximate surface area is 175 Å². The highest BCUT2D eigenvalue weighted by atomic mass is 16.5. The number of hydrazine groups is 1. The number of hydrogen-bond donors (Lipinski definition) is 3. The number of rotatable bonds is 6. The van der Waals surface area contributed by atoms with Gasteiger partial charge in [0.05, 0.1) is 18.3 Å². The number of nitrogens with two attached hydrogens (primary N) is 2. The third kappa shape index (κ3) is 4.42. The highest BCUT2D eigenvalue weighted by Crippen LogP contribution is 2.31. The SMILES string of the molecule is N/C(=C\N(N)Cc1cc2ccccc2[nH]1)c1ncc(C#CC2CC2)cc1OC1CC1. The molecule has 2 heterocycles. The number of ether oxygens (including phenoxy) is 1. The van der Waals surface area contributed by atoms with E-state index in [1.165, 1.54) is 12.8 Å². The van der Waals surface area contributed by atoms with Crippen molar-refractivity contribution in [3.8, 4) is 17.6 Å². The number of aromatic amines is 1. The van der Waals surface area contributed by atoms with E-state index >= 15 is 0 Å². The lowest BCUT2D eigenvalue weighted by molar-refractivity contribution is 0.300. The number of para-hydroxylation sites is 1. The fraction of sp³-hybridized carbons (Fsp3) is 0.292. The number of hydrogen-bond acceptors (Lipinski definition) is 5. The van der Waals surface area contributed by atoms with Crippen molar-refractivity contribution in [1.82, 2.24) is 15.0 Å². The van der Waals surface area contributed by atoms with E-state index in [4.69, 9.17) is 16.3 Å². The van der Waals surface area contributed by atoms with Crippen molar-refractivity contribution in [3.05, 3.63) is 65.7 Å². The minimum atomic E-state index is 0.241. The first kappa shape index (κ1) is 18.6. The molecule has 3 aromatic rings. The summed E-state index contributed by atoms with van der Waals surface area (Å²) in [6.45, 7) is 0.499. The zero-order valence-electron chi connectivity index (χ0n) is 16.8. The number of aromatic nitrogens is 2. The Kier molecular flexibility index (Phi) is 4.82. The molecule has 0 unspecified atom stereocenters. The van der Waals surface area contributed by atoms with E-state index in [0.717, 1.165) is 35.0 Å². The van der Waals surface area contributed by atoms with Crippen LogP contribution in [-0.2, 0) is 6.54 Å². The second-order valence-electron chi connectivity index (χ2n) is 8.07. The fourth-order valence-electron chi connectivity index (χ4n) is 3.30. The summed E-state index contributed by atoms with van der Waals surface area (Å²) in [6.07, 6.45) is 8.21. The lowest BCUT2D eigenvalue weighted by Crippen LogP contribution is -2.26. The standard InChI is InChI=1S/C24H25N5O/c25-21(15-29(26)14-19-12-18-3-1-2-4-22(18)28-19)24-23(30-20-9-10-20)11-17(13-27-24)8-7-16-5-6-16/h1-4,11-13,15-16,20,28H,5-6,9-10,14,25-26H2/b21-15-. The van der Waals surface area contributed by atoms with E-state index < -0.39 is 0 Å². The van der Waals surface area contributed by atoms with Gasteiger partial charge in [0.15, 0.2) is 0 Å². The number of nitrogens with zero attached hydrogens (tertiary/aromatic N) is 2. The van der Waals surface area contributed by atoms with Crippen LogP contribution in [0.2, 0.25) is 0 Å². The number of pyridine rings is 1. The van der Waals surface area contributed by atoms with Crippen LogP contribution in [0, 0.1) is 17.8 Å². The average molecular weight is 399 g/mol. The second-order valence-corrected chi connectivity index (χ2v) is 8.07. The first-order chi connectivity index (χ1) is 14.6. The summed E-state index contributed by atoms with van der Waals surface area (Å²) in [5.74, 6) is 13.9. The van der Waals surface area contributed by atoms with E-state index in [-0.39, 0.29) is 6.10 Å². The molecule has 2 saturated carbocycles. The quantitative estimate of drug-likeness (QED) is 0.335. The summed E-state index contributed by atoms with van der Waals surface area (Å²) in [5.41, 5.74) is 10.4. The number of fused-ring (bicyclic) bond motifs is 1. The van der Waals surface area contributed by atoms with Gasteiger partial charge in [-0.2, -0.15) is 0 Å². The van der Waals surface area contributed by atoms with Crippen LogP contribution in [0.3, 0.4) is 0 Å². The molecule has 0 bridgehead atoms. The van der Waals surface area contributed by atoms with Gasteiger partial charge in [0.25, 0.3) is 0 Å². The molecule has 2 fully saturated rings. The predicted molar refractivity (Wildman–Crippen MR) is 118 cm³/mol. The summed E-state index contributed by atoms with van der Waals surface area (Å²) in [4.78, 5) is 7.92. The summed E-state index contributed by atoms with van der Waals surface area (Å²) < 4.78 is 6.06. The predicted octanol–water partition coefficient (Wildman–Crippen LogP) is 3.50. The average Bonchev–Trinajstić information content (AvgIpc) is 3.65. The van der Waals surface area contributed by atoms with Crippen LogP contribution in [0.1, 0.15) is 42.6 Å². The largest absolute Gasteiger partial charge is 0.488 e. The van der Waals surface area contributed by atoms with Crippen LogP contribution in [0.15, 0.2) is 48.8 Å². The molecule has 2 aliphatic carbocycles. The Hall–Kier alpha value is -3.43. The van der Waals surface area contributed by atoms with Gasteiger partial charge < -0.3 is 20.5 Å². The van der Waals surface area contributed by atoms with Gasteiger partial charge in [-0.1, -0.05) is 30.0 Å². The Morgan fingerprint density at radius 1 is 1.23 bits per heavy atom. The molecular formula is C24H25N5O. The van der Waals surface area contributed by atoms with Crippen LogP contribution in [0.5, 0.6) is 5.75 Å². The molecule has 0 saturated heterocycles. The maximum atomic E-state index is 6.35. The summed E-state index contributed by atoms with van der Waals surface area (Å²) in [5, 5.41) is 2.71. The lowest BCUT2D eigenvalue weighted by atomic mass is 10.2. The second kappa shape index (κ2) is 7.77. The van der Waals surface area contributed by atoms with Gasteiger partial charge in [-0.3, -0.25) is 0 Å². The van der Waals surface area contributed by atoms with E-state index in [1.54, 1.807) is 17.4 Å². The summed E-state index contributed by atoms with van der Waals surface area (Å²) in [7, 11) is 0. The van der Waals surface area contributed by atoms with Crippen molar-refractivity contribution < 1.29 is 4.74 Å². The molecule has 1 aromatic carbocycles. The minimum Gasteiger partial charge on any atom is -0.488 e.